The van der Waals surface area contributed by atoms with Crippen LogP contribution in [-0.4, -0.2) is 84.4 Å². The summed E-state index contributed by atoms with van der Waals surface area (Å²) in [5.74, 6) is -0.0295. The predicted octanol–water partition coefficient (Wildman–Crippen LogP) is 0.579. The highest BCUT2D eigenvalue weighted by Crippen LogP contribution is 2.36. The van der Waals surface area contributed by atoms with Gasteiger partial charge in [-0.15, -0.1) is 0 Å². The lowest BCUT2D eigenvalue weighted by Crippen LogP contribution is -2.61. The quantitative estimate of drug-likeness (QED) is 0.779. The third kappa shape index (κ3) is 4.26. The maximum absolute atomic E-state index is 12.4. The second kappa shape index (κ2) is 7.90. The number of aryl methyl sites for hydroxylation is 1. The zero-order valence-corrected chi connectivity index (χ0v) is 16.5. The minimum atomic E-state index is -3.42. The van der Waals surface area contributed by atoms with Gasteiger partial charge in [-0.2, -0.15) is 17.0 Å². The molecule has 8 heteroatoms. The van der Waals surface area contributed by atoms with Gasteiger partial charge in [-0.3, -0.25) is 4.98 Å². The first-order valence-electron chi connectivity index (χ1n) is 9.32. The topological polar surface area (TPSA) is 77.0 Å². The van der Waals surface area contributed by atoms with Gasteiger partial charge in [0.25, 0.3) is 10.2 Å². The van der Waals surface area contributed by atoms with Crippen LogP contribution in [0.3, 0.4) is 0 Å². The van der Waals surface area contributed by atoms with Crippen LogP contribution in [0, 0.1) is 5.92 Å². The van der Waals surface area contributed by atoms with Crippen LogP contribution in [0.25, 0.3) is 0 Å². The molecule has 1 aromatic rings. The summed E-state index contributed by atoms with van der Waals surface area (Å²) in [7, 11) is -0.303. The van der Waals surface area contributed by atoms with Crippen LogP contribution in [0.15, 0.2) is 24.5 Å². The maximum atomic E-state index is 12.4. The van der Waals surface area contributed by atoms with Gasteiger partial charge in [0.05, 0.1) is 5.60 Å². The van der Waals surface area contributed by atoms with Gasteiger partial charge in [0, 0.05) is 58.6 Å². The van der Waals surface area contributed by atoms with E-state index in [0.717, 1.165) is 38.9 Å². The monoisotopic (exact) mass is 382 g/mol. The Balaban J connectivity index is 1.56. The van der Waals surface area contributed by atoms with Crippen LogP contribution in [0.1, 0.15) is 24.8 Å². The molecule has 0 saturated carbocycles. The van der Waals surface area contributed by atoms with Crippen molar-refractivity contribution in [2.45, 2.75) is 31.3 Å². The highest BCUT2D eigenvalue weighted by Gasteiger charge is 2.47. The first-order chi connectivity index (χ1) is 12.3. The Morgan fingerprint density at radius 3 is 2.77 bits per heavy atom. The Bertz CT molecular complexity index is 698. The molecule has 1 aromatic heterocycles. The lowest BCUT2D eigenvalue weighted by atomic mass is 9.76. The normalized spacial score (nSPS) is 28.2. The van der Waals surface area contributed by atoms with Crippen molar-refractivity contribution in [2.75, 3.05) is 46.8 Å². The molecule has 2 saturated heterocycles. The second-order valence-corrected chi connectivity index (χ2v) is 9.86. The van der Waals surface area contributed by atoms with Crippen LogP contribution < -0.4 is 0 Å². The molecule has 1 N–H and O–H groups in total. The van der Waals surface area contributed by atoms with Gasteiger partial charge in [0.2, 0.25) is 0 Å². The van der Waals surface area contributed by atoms with Crippen LogP contribution >= 0.6 is 0 Å². The highest BCUT2D eigenvalue weighted by atomic mass is 32.2. The molecule has 0 amide bonds. The van der Waals surface area contributed by atoms with Gasteiger partial charge in [-0.1, -0.05) is 6.07 Å². The van der Waals surface area contributed by atoms with E-state index in [2.05, 4.69) is 16.0 Å². The van der Waals surface area contributed by atoms with Crippen molar-refractivity contribution < 1.29 is 13.5 Å². The molecule has 26 heavy (non-hydrogen) atoms. The number of fused-ring (bicyclic) bond motifs is 1. The van der Waals surface area contributed by atoms with Crippen molar-refractivity contribution in [1.82, 2.24) is 18.5 Å². The summed E-state index contributed by atoms with van der Waals surface area (Å²) >= 11 is 0. The lowest BCUT2D eigenvalue weighted by Gasteiger charge is -2.50. The fourth-order valence-electron chi connectivity index (χ4n) is 4.04. The summed E-state index contributed by atoms with van der Waals surface area (Å²) in [6.07, 6.45) is 6.96. The van der Waals surface area contributed by atoms with Crippen LogP contribution in [0.5, 0.6) is 0 Å². The zero-order chi connectivity index (χ0) is 18.8. The predicted molar refractivity (Wildman–Crippen MR) is 101 cm³/mol. The first-order valence-corrected chi connectivity index (χ1v) is 10.7. The molecule has 0 radical (unpaired) electrons. The maximum Gasteiger partial charge on any atom is 0.281 e. The third-order valence-corrected chi connectivity index (χ3v) is 7.68. The molecule has 0 unspecified atom stereocenters. The molecule has 146 valence electrons. The average molecular weight is 383 g/mol. The van der Waals surface area contributed by atoms with E-state index >= 15 is 0 Å². The largest absolute Gasteiger partial charge is 0.389 e. The van der Waals surface area contributed by atoms with Crippen LogP contribution in [0.2, 0.25) is 0 Å². The van der Waals surface area contributed by atoms with Gasteiger partial charge in [0.15, 0.2) is 0 Å². The zero-order valence-electron chi connectivity index (χ0n) is 15.7. The smallest absolute Gasteiger partial charge is 0.281 e. The molecule has 0 bridgehead atoms. The summed E-state index contributed by atoms with van der Waals surface area (Å²) in [5, 5.41) is 11.0. The van der Waals surface area contributed by atoms with E-state index < -0.39 is 15.8 Å². The van der Waals surface area contributed by atoms with Crippen molar-refractivity contribution in [1.29, 1.82) is 0 Å². The van der Waals surface area contributed by atoms with Gasteiger partial charge < -0.3 is 10.0 Å². The Morgan fingerprint density at radius 2 is 2.08 bits per heavy atom. The van der Waals surface area contributed by atoms with E-state index in [9.17, 15) is 13.5 Å². The third-order valence-electron chi connectivity index (χ3n) is 5.77. The summed E-state index contributed by atoms with van der Waals surface area (Å²) in [6.45, 7) is 3.38. The Morgan fingerprint density at radius 1 is 1.31 bits per heavy atom. The fourth-order valence-corrected chi connectivity index (χ4v) is 5.19. The van der Waals surface area contributed by atoms with Crippen molar-refractivity contribution in [3.8, 4) is 0 Å². The molecule has 7 nitrogen and oxygen atoms in total. The Kier molecular flexibility index (Phi) is 5.98. The van der Waals surface area contributed by atoms with E-state index in [1.807, 2.05) is 12.3 Å². The number of rotatable bonds is 6. The molecular weight excluding hydrogens is 352 g/mol. The van der Waals surface area contributed by atoms with E-state index in [1.165, 1.54) is 14.2 Å². The Hall–Kier alpha value is -1.06. The number of aliphatic hydroxyl groups is 1. The molecule has 3 heterocycles. The Labute approximate surface area is 156 Å². The fraction of sp³-hybridized carbons (Fsp3) is 0.722. The standard InChI is InChI=1S/C18H30N4O3S/c1-20(2)26(24,25)22-12-8-18(23)7-11-21(14-17(18)15-22)10-4-6-16-5-3-9-19-13-16/h3,5,9,13,17,23H,4,6-8,10-12,14-15H2,1-2H3/t17-,18-/m0/s1. The lowest BCUT2D eigenvalue weighted by molar-refractivity contribution is -0.102. The minimum Gasteiger partial charge on any atom is -0.389 e. The molecule has 0 aromatic carbocycles. The molecule has 0 spiro atoms. The number of aromatic nitrogens is 1. The molecule has 2 fully saturated rings. The minimum absolute atomic E-state index is 0.0295. The average Bonchev–Trinajstić information content (AvgIpc) is 2.62. The van der Waals surface area contributed by atoms with E-state index in [4.69, 9.17) is 0 Å². The van der Waals surface area contributed by atoms with Crippen molar-refractivity contribution in [3.05, 3.63) is 30.1 Å². The molecule has 2 atom stereocenters. The van der Waals surface area contributed by atoms with E-state index in [1.54, 1.807) is 20.3 Å². The second-order valence-electron chi connectivity index (χ2n) is 7.71. The van der Waals surface area contributed by atoms with Crippen LogP contribution in [0.4, 0.5) is 0 Å². The number of pyridine rings is 1. The first kappa shape index (κ1) is 19.7. The highest BCUT2D eigenvalue weighted by molar-refractivity contribution is 7.86. The molecular formula is C18H30N4O3S. The molecule has 0 aliphatic carbocycles. The van der Waals surface area contributed by atoms with Gasteiger partial charge in [-0.05, 0) is 43.9 Å². The van der Waals surface area contributed by atoms with E-state index in [-0.39, 0.29) is 5.92 Å². The molecule has 2 aliphatic rings. The van der Waals surface area contributed by atoms with Crippen LogP contribution in [-0.2, 0) is 16.6 Å². The molecule has 2 aliphatic heterocycles. The number of piperidine rings is 2. The van der Waals surface area contributed by atoms with Crippen molar-refractivity contribution in [2.24, 2.45) is 5.92 Å². The SMILES string of the molecule is CN(C)S(=O)(=O)N1CC[C@@]2(O)CCN(CCCc3cccnc3)C[C@H]2C1. The van der Waals surface area contributed by atoms with Gasteiger partial charge >= 0.3 is 0 Å². The number of hydrogen-bond acceptors (Lipinski definition) is 5. The summed E-state index contributed by atoms with van der Waals surface area (Å²) < 4.78 is 27.6. The number of likely N-dealkylation sites (tertiary alicyclic amines) is 1. The number of hydrogen-bond donors (Lipinski definition) is 1. The van der Waals surface area contributed by atoms with Crippen molar-refractivity contribution >= 4 is 10.2 Å². The van der Waals surface area contributed by atoms with Gasteiger partial charge in [-0.25, -0.2) is 0 Å². The van der Waals surface area contributed by atoms with Gasteiger partial charge in [0.1, 0.15) is 0 Å². The summed E-state index contributed by atoms with van der Waals surface area (Å²) in [5.41, 5.74) is 0.514. The molecule has 3 rings (SSSR count). The summed E-state index contributed by atoms with van der Waals surface area (Å²) in [6, 6.07) is 4.05. The van der Waals surface area contributed by atoms with Crippen molar-refractivity contribution in [3.63, 3.8) is 0 Å². The van der Waals surface area contributed by atoms with E-state index in [0.29, 0.717) is 19.5 Å². The summed E-state index contributed by atoms with van der Waals surface area (Å²) in [4.78, 5) is 6.51. The number of nitrogens with zero attached hydrogens (tertiary/aromatic N) is 4.